The van der Waals surface area contributed by atoms with Crippen LogP contribution in [0, 0.1) is 11.6 Å². The van der Waals surface area contributed by atoms with Gasteiger partial charge in [-0.1, -0.05) is 6.07 Å². The van der Waals surface area contributed by atoms with Crippen molar-refractivity contribution in [2.75, 3.05) is 0 Å². The Hall–Kier alpha value is -3.16. The van der Waals surface area contributed by atoms with Crippen molar-refractivity contribution in [2.24, 2.45) is 0 Å². The van der Waals surface area contributed by atoms with Gasteiger partial charge in [0.15, 0.2) is 11.6 Å². The molecule has 23 heavy (non-hydrogen) atoms. The fraction of sp³-hybridized carbons (Fsp3) is 0.0667. The molecule has 0 bridgehead atoms. The number of carbonyl (C=O) groups excluding carboxylic acids is 1. The first-order valence-electron chi connectivity index (χ1n) is 6.60. The summed E-state index contributed by atoms with van der Waals surface area (Å²) in [5.74, 6) is -2.29. The van der Waals surface area contributed by atoms with E-state index in [1.807, 2.05) is 0 Å². The van der Waals surface area contributed by atoms with Crippen LogP contribution in [0.1, 0.15) is 16.2 Å². The second-order valence-electron chi connectivity index (χ2n) is 4.53. The first-order chi connectivity index (χ1) is 11.1. The van der Waals surface area contributed by atoms with Crippen molar-refractivity contribution in [3.05, 3.63) is 65.7 Å². The van der Waals surface area contributed by atoms with Gasteiger partial charge in [-0.2, -0.15) is 0 Å². The molecule has 2 heterocycles. The molecule has 8 heteroatoms. The normalized spacial score (nSPS) is 10.5. The first kappa shape index (κ1) is 14.8. The molecule has 6 nitrogen and oxygen atoms in total. The fourth-order valence-corrected chi connectivity index (χ4v) is 1.81. The van der Waals surface area contributed by atoms with Gasteiger partial charge in [-0.15, -0.1) is 10.2 Å². The number of rotatable bonds is 4. The van der Waals surface area contributed by atoms with Crippen LogP contribution >= 0.6 is 0 Å². The zero-order chi connectivity index (χ0) is 16.2. The van der Waals surface area contributed by atoms with Gasteiger partial charge >= 0.3 is 0 Å². The van der Waals surface area contributed by atoms with Crippen LogP contribution in [0.4, 0.5) is 8.78 Å². The molecule has 0 saturated heterocycles. The second kappa shape index (κ2) is 6.30. The van der Waals surface area contributed by atoms with Gasteiger partial charge in [0.25, 0.3) is 11.8 Å². The van der Waals surface area contributed by atoms with E-state index in [4.69, 9.17) is 4.42 Å². The Kier molecular flexibility index (Phi) is 4.05. The summed E-state index contributed by atoms with van der Waals surface area (Å²) in [6, 6.07) is 8.12. The topological polar surface area (TPSA) is 80.9 Å². The summed E-state index contributed by atoms with van der Waals surface area (Å²) in [6.07, 6.45) is 1.59. The van der Waals surface area contributed by atoms with Crippen LogP contribution in [-0.4, -0.2) is 21.1 Å². The van der Waals surface area contributed by atoms with E-state index < -0.39 is 17.5 Å². The van der Waals surface area contributed by atoms with Gasteiger partial charge < -0.3 is 9.73 Å². The molecule has 0 aliphatic heterocycles. The molecule has 2 aromatic heterocycles. The van der Waals surface area contributed by atoms with Gasteiger partial charge in [-0.05, 0) is 30.3 Å². The third kappa shape index (κ3) is 3.37. The molecule has 0 radical (unpaired) electrons. The smallest absolute Gasteiger partial charge is 0.266 e. The van der Waals surface area contributed by atoms with Crippen molar-refractivity contribution >= 4 is 5.91 Å². The lowest BCUT2D eigenvalue weighted by Crippen LogP contribution is -2.23. The predicted octanol–water partition coefficient (Wildman–Crippen LogP) is 2.34. The summed E-state index contributed by atoms with van der Waals surface area (Å²) in [5, 5.41) is 10.1. The molecule has 0 atom stereocenters. The van der Waals surface area contributed by atoms with E-state index in [9.17, 15) is 13.6 Å². The fourth-order valence-electron chi connectivity index (χ4n) is 1.81. The number of benzene rings is 1. The number of aromatic nitrogens is 3. The van der Waals surface area contributed by atoms with Crippen molar-refractivity contribution < 1.29 is 18.0 Å². The molecule has 116 valence electrons. The second-order valence-corrected chi connectivity index (χ2v) is 4.53. The highest BCUT2D eigenvalue weighted by Crippen LogP contribution is 2.14. The molecule has 1 N–H and O–H groups in total. The summed E-state index contributed by atoms with van der Waals surface area (Å²) in [6.45, 7) is -0.0440. The van der Waals surface area contributed by atoms with E-state index in [0.717, 1.165) is 12.1 Å². The molecule has 0 unspecified atom stereocenters. The van der Waals surface area contributed by atoms with Gasteiger partial charge in [-0.3, -0.25) is 9.78 Å². The standard InChI is InChI=1S/C15H10F2N4O2/c16-10-5-4-9(7-11(10)17)14(22)19-8-13-20-21-15(23-13)12-3-1-2-6-18-12/h1-7H,8H2,(H,19,22). The molecule has 1 aromatic carbocycles. The number of hydrogen-bond donors (Lipinski definition) is 1. The third-order valence-corrected chi connectivity index (χ3v) is 2.93. The molecule has 0 fully saturated rings. The average molecular weight is 316 g/mol. The van der Waals surface area contributed by atoms with Gasteiger partial charge in [-0.25, -0.2) is 8.78 Å². The number of amides is 1. The molecule has 3 rings (SSSR count). The minimum atomic E-state index is -1.09. The van der Waals surface area contributed by atoms with Crippen molar-refractivity contribution in [3.8, 4) is 11.6 Å². The molecule has 3 aromatic rings. The number of halogens is 2. The molecular weight excluding hydrogens is 306 g/mol. The molecule has 0 aliphatic carbocycles. The van der Waals surface area contributed by atoms with Gasteiger partial charge in [0.1, 0.15) is 5.69 Å². The molecule has 0 spiro atoms. The van der Waals surface area contributed by atoms with Crippen molar-refractivity contribution in [2.45, 2.75) is 6.54 Å². The Labute approximate surface area is 129 Å². The van der Waals surface area contributed by atoms with Crippen molar-refractivity contribution in [1.82, 2.24) is 20.5 Å². The van der Waals surface area contributed by atoms with Crippen LogP contribution in [0.2, 0.25) is 0 Å². The Bertz CT molecular complexity index is 837. The van der Waals surface area contributed by atoms with E-state index in [2.05, 4.69) is 20.5 Å². The lowest BCUT2D eigenvalue weighted by atomic mass is 10.2. The summed E-state index contributed by atoms with van der Waals surface area (Å²) in [5.41, 5.74) is 0.506. The number of pyridine rings is 1. The number of hydrogen-bond acceptors (Lipinski definition) is 5. The summed E-state index contributed by atoms with van der Waals surface area (Å²) >= 11 is 0. The minimum Gasteiger partial charge on any atom is -0.417 e. The van der Waals surface area contributed by atoms with E-state index >= 15 is 0 Å². The lowest BCUT2D eigenvalue weighted by molar-refractivity contribution is 0.0947. The molecule has 0 aliphatic rings. The van der Waals surface area contributed by atoms with E-state index in [1.54, 1.807) is 24.4 Å². The highest BCUT2D eigenvalue weighted by molar-refractivity contribution is 5.94. The number of carbonyl (C=O) groups is 1. The molecule has 0 saturated carbocycles. The van der Waals surface area contributed by atoms with Crippen molar-refractivity contribution in [3.63, 3.8) is 0 Å². The summed E-state index contributed by atoms with van der Waals surface area (Å²) in [4.78, 5) is 15.9. The Balaban J connectivity index is 1.65. The van der Waals surface area contributed by atoms with E-state index in [-0.39, 0.29) is 23.9 Å². The largest absolute Gasteiger partial charge is 0.417 e. The number of nitrogens with zero attached hydrogens (tertiary/aromatic N) is 3. The highest BCUT2D eigenvalue weighted by Gasteiger charge is 2.12. The van der Waals surface area contributed by atoms with Crippen LogP contribution in [0.25, 0.3) is 11.6 Å². The Morgan fingerprint density at radius 2 is 2.00 bits per heavy atom. The Morgan fingerprint density at radius 1 is 1.13 bits per heavy atom. The van der Waals surface area contributed by atoms with Crippen LogP contribution < -0.4 is 5.32 Å². The molecular formula is C15H10F2N4O2. The first-order valence-corrected chi connectivity index (χ1v) is 6.60. The van der Waals surface area contributed by atoms with Gasteiger partial charge in [0, 0.05) is 11.8 Å². The average Bonchev–Trinajstić information content (AvgIpc) is 3.05. The third-order valence-electron chi connectivity index (χ3n) is 2.93. The van der Waals surface area contributed by atoms with Crippen LogP contribution in [0.15, 0.2) is 47.0 Å². The minimum absolute atomic E-state index is 0.00614. The quantitative estimate of drug-likeness (QED) is 0.799. The summed E-state index contributed by atoms with van der Waals surface area (Å²) in [7, 11) is 0. The van der Waals surface area contributed by atoms with Crippen molar-refractivity contribution in [1.29, 1.82) is 0 Å². The van der Waals surface area contributed by atoms with Gasteiger partial charge in [0.05, 0.1) is 6.54 Å². The van der Waals surface area contributed by atoms with Gasteiger partial charge in [0.2, 0.25) is 5.89 Å². The maximum Gasteiger partial charge on any atom is 0.266 e. The van der Waals surface area contributed by atoms with Crippen LogP contribution in [0.3, 0.4) is 0 Å². The maximum absolute atomic E-state index is 13.1. The monoisotopic (exact) mass is 316 g/mol. The van der Waals surface area contributed by atoms with E-state index in [0.29, 0.717) is 5.69 Å². The summed E-state index contributed by atoms with van der Waals surface area (Å²) < 4.78 is 31.3. The predicted molar refractivity (Wildman–Crippen MR) is 75.1 cm³/mol. The number of nitrogens with one attached hydrogen (secondary N) is 1. The SMILES string of the molecule is O=C(NCc1nnc(-c2ccccn2)o1)c1ccc(F)c(F)c1. The zero-order valence-corrected chi connectivity index (χ0v) is 11.7. The highest BCUT2D eigenvalue weighted by atomic mass is 19.2. The van der Waals surface area contributed by atoms with E-state index in [1.165, 1.54) is 6.07 Å². The lowest BCUT2D eigenvalue weighted by Gasteiger charge is -2.02. The zero-order valence-electron chi connectivity index (χ0n) is 11.7. The Morgan fingerprint density at radius 3 is 2.74 bits per heavy atom. The van der Waals surface area contributed by atoms with Crippen LogP contribution in [-0.2, 0) is 6.54 Å². The molecule has 1 amide bonds. The maximum atomic E-state index is 13.1. The van der Waals surface area contributed by atoms with Crippen LogP contribution in [0.5, 0.6) is 0 Å².